The zero-order valence-electron chi connectivity index (χ0n) is 50.2. The molecule has 14 N–H and O–H groups in total. The molecule has 5 aliphatic heterocycles. The van der Waals surface area contributed by atoms with E-state index in [1.807, 2.05) is 13.8 Å². The molecule has 9 rings (SSSR count). The third-order valence-electron chi connectivity index (χ3n) is 20.7. The van der Waals surface area contributed by atoms with E-state index in [0.29, 0.717) is 32.1 Å². The number of Topliss-reactive ketones (excluding diaryl/α,β-unsaturated/α-hetero) is 1. The van der Waals surface area contributed by atoms with Crippen LogP contribution < -0.4 is 0 Å². The molecule has 0 aromatic heterocycles. The van der Waals surface area contributed by atoms with Gasteiger partial charge in [-0.3, -0.25) is 9.35 Å². The molecular weight excluding hydrogens is 1160 g/mol. The minimum atomic E-state index is -4.91. The number of ketones is 1. The monoisotopic (exact) mass is 1260 g/mol. The number of hydrogen-bond acceptors (Lipinski definition) is 27. The van der Waals surface area contributed by atoms with Gasteiger partial charge in [-0.1, -0.05) is 39.3 Å². The van der Waals surface area contributed by atoms with Crippen LogP contribution >= 0.6 is 0 Å². The molecule has 0 radical (unpaired) electrons. The van der Waals surface area contributed by atoms with Crippen molar-refractivity contribution in [2.45, 2.75) is 298 Å². The number of carbonyl (C=O) groups excluding carboxylic acids is 1. The first-order chi connectivity index (χ1) is 39.9. The van der Waals surface area contributed by atoms with Crippen molar-refractivity contribution in [3.8, 4) is 0 Å². The van der Waals surface area contributed by atoms with Crippen LogP contribution in [0.15, 0.2) is 11.6 Å². The maximum Gasteiger partial charge on any atom is 0.397 e. The second-order valence-electron chi connectivity index (χ2n) is 27.3. The van der Waals surface area contributed by atoms with E-state index in [2.05, 4.69) is 19.9 Å². The lowest BCUT2D eigenvalue weighted by molar-refractivity contribution is -0.432. The Morgan fingerprint density at radius 2 is 1.14 bits per heavy atom. The van der Waals surface area contributed by atoms with E-state index in [1.165, 1.54) is 34.6 Å². The molecule has 4 aliphatic carbocycles. The maximum absolute atomic E-state index is 13.2. The maximum atomic E-state index is 13.2. The van der Waals surface area contributed by atoms with Crippen molar-refractivity contribution in [1.82, 2.24) is 0 Å². The number of allylic oxidation sites excluding steroid dienone is 2. The van der Waals surface area contributed by atoms with Crippen LogP contribution in [0.4, 0.5) is 0 Å². The second kappa shape index (κ2) is 25.7. The molecule has 0 amide bonds. The zero-order valence-corrected chi connectivity index (χ0v) is 51.0. The van der Waals surface area contributed by atoms with Crippen LogP contribution in [0, 0.1) is 40.4 Å². The molecule has 496 valence electrons. The van der Waals surface area contributed by atoms with Crippen LogP contribution in [0.25, 0.3) is 0 Å². The third-order valence-corrected chi connectivity index (χ3v) is 21.2. The Hall–Kier alpha value is -1.64. The predicted molar refractivity (Wildman–Crippen MR) is 290 cm³/mol. The van der Waals surface area contributed by atoms with Gasteiger partial charge in [0.25, 0.3) is 0 Å². The third kappa shape index (κ3) is 13.2. The molecule has 33 atom stereocenters. The number of aliphatic hydroxyl groups is 13. The van der Waals surface area contributed by atoms with Crippen molar-refractivity contribution < 1.29 is 136 Å². The van der Waals surface area contributed by atoms with Crippen molar-refractivity contribution in [2.75, 3.05) is 0 Å². The van der Waals surface area contributed by atoms with E-state index in [-0.39, 0.29) is 55.1 Å². The zero-order chi connectivity index (χ0) is 63.4. The van der Waals surface area contributed by atoms with E-state index < -0.39 is 198 Å². The molecule has 86 heavy (non-hydrogen) atoms. The second-order valence-corrected chi connectivity index (χ2v) is 28.3. The van der Waals surface area contributed by atoms with Gasteiger partial charge in [-0.2, -0.15) is 8.42 Å². The van der Waals surface area contributed by atoms with Gasteiger partial charge in [0, 0.05) is 12.8 Å². The van der Waals surface area contributed by atoms with Crippen LogP contribution in [0.2, 0.25) is 0 Å². The molecule has 8 fully saturated rings. The number of carbonyl (C=O) groups is 1. The Bertz CT molecular complexity index is 2490. The van der Waals surface area contributed by atoms with Crippen LogP contribution in [-0.4, -0.2) is 256 Å². The average molecular weight is 1260 g/mol. The summed E-state index contributed by atoms with van der Waals surface area (Å²) in [5.74, 6) is -4.10. The average Bonchev–Trinajstić information content (AvgIpc) is 3.26. The first-order valence-corrected chi connectivity index (χ1v) is 31.7. The van der Waals surface area contributed by atoms with E-state index >= 15 is 0 Å². The fourth-order valence-electron chi connectivity index (χ4n) is 16.0. The Morgan fingerprint density at radius 1 is 0.628 bits per heavy atom. The summed E-state index contributed by atoms with van der Waals surface area (Å²) in [6.07, 6.45) is -38.2. The SMILES string of the molecule is CC(C)CC(=O)CC(C)(O)C1CCC2C3C[C@H](OC4OC(C)C(O)(O)C(OC5OC(C)C(OC6OC(C)C(O)C(O)C6OC6OC(C)C(O)C(O)C6O)C(O)C5OC5OC(C)C(O)C(O)C5O)C4O)C4CC(OS(=O)(=O)O)CCC4(C)C3=CCC21C. The number of ether oxygens (including phenoxy) is 10. The highest BCUT2D eigenvalue weighted by Gasteiger charge is 2.65. The van der Waals surface area contributed by atoms with Gasteiger partial charge in [-0.15, -0.1) is 0 Å². The minimum absolute atomic E-state index is 0.00611. The topological polar surface area (TPSA) is 436 Å². The summed E-state index contributed by atoms with van der Waals surface area (Å²) in [6.45, 7) is 16.6. The summed E-state index contributed by atoms with van der Waals surface area (Å²) in [6, 6.07) is 0. The molecule has 0 aromatic rings. The molecule has 5 heterocycles. The van der Waals surface area contributed by atoms with Crippen LogP contribution in [-0.2, 0) is 66.7 Å². The van der Waals surface area contributed by atoms with Gasteiger partial charge < -0.3 is 114 Å². The van der Waals surface area contributed by atoms with E-state index in [1.54, 1.807) is 6.92 Å². The lowest BCUT2D eigenvalue weighted by Crippen LogP contribution is -2.70. The van der Waals surface area contributed by atoms with Crippen molar-refractivity contribution in [3.63, 3.8) is 0 Å². The normalized spacial score (nSPS) is 51.4. The molecule has 5 saturated heterocycles. The summed E-state index contributed by atoms with van der Waals surface area (Å²) < 4.78 is 101. The molecule has 9 aliphatic rings. The summed E-state index contributed by atoms with van der Waals surface area (Å²) in [5.41, 5.74) is -1.39. The van der Waals surface area contributed by atoms with Crippen molar-refractivity contribution >= 4 is 16.2 Å². The molecule has 0 bridgehead atoms. The summed E-state index contributed by atoms with van der Waals surface area (Å²) in [7, 11) is -4.91. The number of fused-ring (bicyclic) bond motifs is 5. The van der Waals surface area contributed by atoms with Crippen molar-refractivity contribution in [1.29, 1.82) is 0 Å². The molecule has 32 unspecified atom stereocenters. The highest BCUT2D eigenvalue weighted by atomic mass is 32.3. The largest absolute Gasteiger partial charge is 0.397 e. The molecule has 0 spiro atoms. The van der Waals surface area contributed by atoms with E-state index in [0.717, 1.165) is 5.57 Å². The van der Waals surface area contributed by atoms with Gasteiger partial charge >= 0.3 is 10.4 Å². The van der Waals surface area contributed by atoms with Gasteiger partial charge in [0.05, 0.1) is 42.2 Å². The fourth-order valence-corrected chi connectivity index (χ4v) is 16.5. The summed E-state index contributed by atoms with van der Waals surface area (Å²) in [5, 5.41) is 148. The van der Waals surface area contributed by atoms with Gasteiger partial charge in [-0.25, -0.2) is 4.18 Å². The van der Waals surface area contributed by atoms with Gasteiger partial charge in [0.1, 0.15) is 97.3 Å². The Balaban J connectivity index is 1.00. The first-order valence-electron chi connectivity index (χ1n) is 30.3. The van der Waals surface area contributed by atoms with Crippen molar-refractivity contribution in [2.24, 2.45) is 40.4 Å². The lowest BCUT2D eigenvalue weighted by Gasteiger charge is -2.60. The summed E-state index contributed by atoms with van der Waals surface area (Å²) >= 11 is 0. The van der Waals surface area contributed by atoms with E-state index in [4.69, 9.17) is 51.6 Å². The van der Waals surface area contributed by atoms with Crippen LogP contribution in [0.3, 0.4) is 0 Å². The standard InChI is InChI=1S/C57H94O28S/c1-21(2)17-27(58)20-56(10,69)34-12-11-30-29-19-33(32-18-28(85-86(72,73)74)13-15-54(32,8)31(29)14-16-55(30,34)9)80-51-44(68)48(57(70,71)26(7)79-51)84-53-47(83-50-42(66)39(63)36(60)23(4)76-50)43(67)45(25(6)78-53)81-52-46(40(64)37(61)24(5)77-52)82-49-41(65)38(62)35(59)22(3)75-49/h14,21-26,28-30,32-53,59-71H,11-13,15-20H2,1-10H3,(H,72,73,74)/t22?,23?,24?,25?,26?,28?,29?,30?,32?,33-,34?,35?,36?,37?,38?,39?,40?,41?,42?,43?,44?,45?,46?,47?,48?,49?,50?,51?,52?,53?,54?,55?,56?/m0/s1. The number of aliphatic hydroxyl groups excluding tert-OH is 10. The first kappa shape index (κ1) is 68.7. The molecular formula is C57H94O28S. The predicted octanol–water partition coefficient (Wildman–Crippen LogP) is -1.94. The Morgan fingerprint density at radius 3 is 1.71 bits per heavy atom. The van der Waals surface area contributed by atoms with Gasteiger partial charge in [0.15, 0.2) is 31.5 Å². The van der Waals surface area contributed by atoms with Gasteiger partial charge in [-0.05, 0) is 127 Å². The van der Waals surface area contributed by atoms with Crippen molar-refractivity contribution in [3.05, 3.63) is 11.6 Å². The molecule has 29 heteroatoms. The number of rotatable bonds is 17. The fraction of sp³-hybridized carbons (Fsp3) is 0.947. The highest BCUT2D eigenvalue weighted by Crippen LogP contribution is 2.67. The van der Waals surface area contributed by atoms with Gasteiger partial charge in [0.2, 0.25) is 5.79 Å². The minimum Gasteiger partial charge on any atom is -0.389 e. The quantitative estimate of drug-likeness (QED) is 0.0428. The molecule has 28 nitrogen and oxygen atoms in total. The van der Waals surface area contributed by atoms with E-state index in [9.17, 15) is 84.1 Å². The molecule has 0 aromatic carbocycles. The van der Waals surface area contributed by atoms with Crippen LogP contribution in [0.5, 0.6) is 0 Å². The Kier molecular flexibility index (Phi) is 20.5. The summed E-state index contributed by atoms with van der Waals surface area (Å²) in [4.78, 5) is 13.2. The smallest absolute Gasteiger partial charge is 0.389 e. The number of hydrogen-bond donors (Lipinski definition) is 14. The highest BCUT2D eigenvalue weighted by molar-refractivity contribution is 7.80. The lowest BCUT2D eigenvalue weighted by atomic mass is 9.47. The molecule has 3 saturated carbocycles. The van der Waals surface area contributed by atoms with Crippen LogP contribution in [0.1, 0.15) is 127 Å². The Labute approximate surface area is 500 Å².